The molecule has 0 amide bonds. The lowest BCUT2D eigenvalue weighted by Crippen LogP contribution is -2.48. The largest absolute Gasteiger partial charge is 0.437 e. The molecule has 2 aromatic heterocycles. The highest BCUT2D eigenvalue weighted by Crippen LogP contribution is 2.30. The first-order valence-electron chi connectivity index (χ1n) is 8.76. The molecule has 2 aliphatic rings. The van der Waals surface area contributed by atoms with Crippen molar-refractivity contribution in [3.05, 3.63) is 35.8 Å². The molecule has 0 aromatic carbocycles. The molecule has 0 aliphatic carbocycles. The summed E-state index contributed by atoms with van der Waals surface area (Å²) in [5, 5.41) is 4.56. The molecule has 0 radical (unpaired) electrons. The number of hydrogen-bond acceptors (Lipinski definition) is 6. The van der Waals surface area contributed by atoms with Crippen molar-refractivity contribution in [2.45, 2.75) is 25.6 Å². The van der Waals surface area contributed by atoms with Crippen LogP contribution in [0.3, 0.4) is 0 Å². The predicted octanol–water partition coefficient (Wildman–Crippen LogP) is 1.43. The summed E-state index contributed by atoms with van der Waals surface area (Å²) in [4.78, 5) is 8.98. The molecule has 25 heavy (non-hydrogen) atoms. The van der Waals surface area contributed by atoms with Crippen LogP contribution < -0.4 is 4.74 Å². The number of likely N-dealkylation sites (tertiary alicyclic amines) is 1. The Morgan fingerprint density at radius 2 is 2.20 bits per heavy atom. The zero-order valence-corrected chi connectivity index (χ0v) is 15.1. The van der Waals surface area contributed by atoms with Crippen LogP contribution in [0, 0.1) is 6.92 Å². The number of pyridine rings is 1. The SMILES string of the molecule is Cc1nn(C)c(Oc2cccnc2)c1CN1C[C@H]2OCCN(C)[C@H]2C1. The van der Waals surface area contributed by atoms with Crippen molar-refractivity contribution in [3.63, 3.8) is 0 Å². The first-order chi connectivity index (χ1) is 12.1. The third-order valence-electron chi connectivity index (χ3n) is 5.17. The number of nitrogens with zero attached hydrogens (tertiary/aromatic N) is 5. The van der Waals surface area contributed by atoms with Crippen molar-refractivity contribution in [1.29, 1.82) is 0 Å². The molecule has 0 spiro atoms. The molecule has 7 nitrogen and oxygen atoms in total. The minimum atomic E-state index is 0.304. The number of morpholine rings is 1. The second kappa shape index (κ2) is 6.74. The zero-order chi connectivity index (χ0) is 17.4. The fourth-order valence-electron chi connectivity index (χ4n) is 3.80. The van der Waals surface area contributed by atoms with Crippen LogP contribution in [0.1, 0.15) is 11.3 Å². The Morgan fingerprint density at radius 3 is 2.96 bits per heavy atom. The molecule has 4 heterocycles. The van der Waals surface area contributed by atoms with Gasteiger partial charge in [-0.1, -0.05) is 0 Å². The van der Waals surface area contributed by atoms with Gasteiger partial charge in [-0.2, -0.15) is 5.10 Å². The normalized spacial score (nSPS) is 24.4. The Kier molecular flexibility index (Phi) is 4.45. The summed E-state index contributed by atoms with van der Waals surface area (Å²) in [6.45, 7) is 6.66. The lowest BCUT2D eigenvalue weighted by atomic mass is 10.1. The first-order valence-corrected chi connectivity index (χ1v) is 8.76. The quantitative estimate of drug-likeness (QED) is 0.837. The molecule has 0 bridgehead atoms. The van der Waals surface area contributed by atoms with Crippen LogP contribution in [0.5, 0.6) is 11.6 Å². The minimum Gasteiger partial charge on any atom is -0.437 e. The van der Waals surface area contributed by atoms with Crippen molar-refractivity contribution < 1.29 is 9.47 Å². The summed E-state index contributed by atoms with van der Waals surface area (Å²) in [6, 6.07) is 4.26. The maximum Gasteiger partial charge on any atom is 0.222 e. The summed E-state index contributed by atoms with van der Waals surface area (Å²) in [7, 11) is 4.11. The summed E-state index contributed by atoms with van der Waals surface area (Å²) >= 11 is 0. The van der Waals surface area contributed by atoms with Crippen molar-refractivity contribution in [2.75, 3.05) is 33.3 Å². The van der Waals surface area contributed by atoms with Gasteiger partial charge >= 0.3 is 0 Å². The monoisotopic (exact) mass is 343 g/mol. The van der Waals surface area contributed by atoms with Crippen LogP contribution in [-0.2, 0) is 18.3 Å². The molecule has 7 heteroatoms. The third-order valence-corrected chi connectivity index (χ3v) is 5.17. The van der Waals surface area contributed by atoms with Gasteiger partial charge in [0.05, 0.1) is 30.2 Å². The van der Waals surface area contributed by atoms with E-state index in [1.54, 1.807) is 12.4 Å². The fourth-order valence-corrected chi connectivity index (χ4v) is 3.80. The Morgan fingerprint density at radius 1 is 1.32 bits per heavy atom. The van der Waals surface area contributed by atoms with E-state index in [-0.39, 0.29) is 0 Å². The lowest BCUT2D eigenvalue weighted by molar-refractivity contribution is -0.0370. The smallest absolute Gasteiger partial charge is 0.222 e. The molecular formula is C18H25N5O2. The van der Waals surface area contributed by atoms with E-state index in [1.807, 2.05) is 30.8 Å². The van der Waals surface area contributed by atoms with E-state index in [9.17, 15) is 0 Å². The molecule has 0 saturated carbocycles. The average Bonchev–Trinajstić information content (AvgIpc) is 3.13. The highest BCUT2D eigenvalue weighted by molar-refractivity contribution is 5.35. The standard InChI is InChI=1S/C18H25N5O2/c1-13-15(10-23-11-16-17(12-23)24-8-7-21(16)2)18(22(3)20-13)25-14-5-4-6-19-9-14/h4-6,9,16-17H,7-8,10-12H2,1-3H3/t16-,17+/m0/s1. The van der Waals surface area contributed by atoms with E-state index < -0.39 is 0 Å². The maximum absolute atomic E-state index is 6.08. The number of likely N-dealkylation sites (N-methyl/N-ethyl adjacent to an activating group) is 1. The van der Waals surface area contributed by atoms with Gasteiger partial charge < -0.3 is 9.47 Å². The van der Waals surface area contributed by atoms with E-state index in [0.29, 0.717) is 12.1 Å². The molecule has 134 valence electrons. The lowest BCUT2D eigenvalue weighted by Gasteiger charge is -2.33. The third kappa shape index (κ3) is 3.27. The number of aromatic nitrogens is 3. The van der Waals surface area contributed by atoms with E-state index in [1.165, 1.54) is 0 Å². The van der Waals surface area contributed by atoms with E-state index in [0.717, 1.165) is 55.7 Å². The summed E-state index contributed by atoms with van der Waals surface area (Å²) in [5.74, 6) is 1.51. The van der Waals surface area contributed by atoms with Gasteiger partial charge in [0.2, 0.25) is 5.88 Å². The van der Waals surface area contributed by atoms with Crippen LogP contribution in [0.25, 0.3) is 0 Å². The molecule has 2 fully saturated rings. The first kappa shape index (κ1) is 16.5. The summed E-state index contributed by atoms with van der Waals surface area (Å²) in [5.41, 5.74) is 2.14. The van der Waals surface area contributed by atoms with Crippen LogP contribution in [0.15, 0.2) is 24.5 Å². The Labute approximate surface area is 148 Å². The average molecular weight is 343 g/mol. The van der Waals surface area contributed by atoms with Crippen molar-refractivity contribution >= 4 is 0 Å². The van der Waals surface area contributed by atoms with Crippen molar-refractivity contribution in [1.82, 2.24) is 24.6 Å². The van der Waals surface area contributed by atoms with Crippen molar-refractivity contribution in [3.8, 4) is 11.6 Å². The van der Waals surface area contributed by atoms with Gasteiger partial charge in [0.15, 0.2) is 0 Å². The molecule has 2 atom stereocenters. The number of rotatable bonds is 4. The minimum absolute atomic E-state index is 0.304. The van der Waals surface area contributed by atoms with Gasteiger partial charge in [-0.3, -0.25) is 14.8 Å². The second-order valence-corrected chi connectivity index (χ2v) is 6.93. The molecular weight excluding hydrogens is 318 g/mol. The molecule has 0 unspecified atom stereocenters. The number of aryl methyl sites for hydroxylation is 2. The highest BCUT2D eigenvalue weighted by Gasteiger charge is 2.39. The Hall–Kier alpha value is -1.96. The van der Waals surface area contributed by atoms with Crippen LogP contribution >= 0.6 is 0 Å². The summed E-state index contributed by atoms with van der Waals surface area (Å²) in [6.07, 6.45) is 3.77. The van der Waals surface area contributed by atoms with Gasteiger partial charge in [0.1, 0.15) is 5.75 Å². The highest BCUT2D eigenvalue weighted by atomic mass is 16.5. The van der Waals surface area contributed by atoms with Crippen LogP contribution in [0.4, 0.5) is 0 Å². The van der Waals surface area contributed by atoms with Gasteiger partial charge in [-0.15, -0.1) is 0 Å². The zero-order valence-electron chi connectivity index (χ0n) is 15.1. The Bertz CT molecular complexity index is 733. The van der Waals surface area contributed by atoms with Gasteiger partial charge in [-0.05, 0) is 26.1 Å². The predicted molar refractivity (Wildman–Crippen MR) is 93.7 cm³/mol. The van der Waals surface area contributed by atoms with Gasteiger partial charge in [0.25, 0.3) is 0 Å². The Balaban J connectivity index is 1.53. The summed E-state index contributed by atoms with van der Waals surface area (Å²) < 4.78 is 13.8. The maximum atomic E-state index is 6.08. The molecule has 2 aliphatic heterocycles. The van der Waals surface area contributed by atoms with Crippen LogP contribution in [-0.4, -0.2) is 70.0 Å². The van der Waals surface area contributed by atoms with Gasteiger partial charge in [0, 0.05) is 45.5 Å². The number of ether oxygens (including phenoxy) is 2. The number of hydrogen-bond donors (Lipinski definition) is 0. The molecule has 2 saturated heterocycles. The van der Waals surface area contributed by atoms with E-state index in [4.69, 9.17) is 9.47 Å². The number of fused-ring (bicyclic) bond motifs is 1. The molecule has 0 N–H and O–H groups in total. The van der Waals surface area contributed by atoms with Gasteiger partial charge in [-0.25, -0.2) is 4.68 Å². The van der Waals surface area contributed by atoms with Crippen LogP contribution in [0.2, 0.25) is 0 Å². The van der Waals surface area contributed by atoms with E-state index >= 15 is 0 Å². The topological polar surface area (TPSA) is 55.6 Å². The van der Waals surface area contributed by atoms with Crippen molar-refractivity contribution in [2.24, 2.45) is 7.05 Å². The van der Waals surface area contributed by atoms with E-state index in [2.05, 4.69) is 26.9 Å². The molecule has 4 rings (SSSR count). The molecule has 2 aromatic rings. The fraction of sp³-hybridized carbons (Fsp3) is 0.556. The second-order valence-electron chi connectivity index (χ2n) is 6.93.